The van der Waals surface area contributed by atoms with Crippen LogP contribution in [0.25, 0.3) is 10.9 Å². The highest BCUT2D eigenvalue weighted by Gasteiger charge is 2.10. The van der Waals surface area contributed by atoms with Gasteiger partial charge in [-0.15, -0.1) is 5.10 Å². The fourth-order valence-electron chi connectivity index (χ4n) is 1.78. The predicted octanol–water partition coefficient (Wildman–Crippen LogP) is 2.50. The minimum atomic E-state index is 0.487. The molecule has 0 radical (unpaired) electrons. The molecule has 0 atom stereocenters. The molecule has 0 aliphatic heterocycles. The topological polar surface area (TPSA) is 75.7 Å². The monoisotopic (exact) mass is 255 g/mol. The summed E-state index contributed by atoms with van der Waals surface area (Å²) in [5, 5.41) is 10.6. The molecule has 0 amide bonds. The molecule has 2 aromatic heterocycles. The minimum Gasteiger partial charge on any atom is -0.418 e. The van der Waals surface area contributed by atoms with Crippen LogP contribution in [0, 0.1) is 6.92 Å². The van der Waals surface area contributed by atoms with Crippen molar-refractivity contribution in [3.8, 4) is 11.8 Å². The second kappa shape index (κ2) is 4.56. The van der Waals surface area contributed by atoms with Gasteiger partial charge in [0, 0.05) is 18.8 Å². The quantitative estimate of drug-likeness (QED) is 0.752. The smallest absolute Gasteiger partial charge is 0.240 e. The van der Waals surface area contributed by atoms with Crippen molar-refractivity contribution in [2.24, 2.45) is 0 Å². The van der Waals surface area contributed by atoms with Crippen LogP contribution < -0.4 is 10.1 Å². The molecule has 6 heteroatoms. The first-order chi connectivity index (χ1) is 9.26. The molecule has 0 fully saturated rings. The zero-order valence-electron chi connectivity index (χ0n) is 10.6. The summed E-state index contributed by atoms with van der Waals surface area (Å²) in [7, 11) is 1.77. The number of nitrogens with zero attached hydrogens (tertiary/aromatic N) is 3. The fourth-order valence-corrected chi connectivity index (χ4v) is 1.78. The molecule has 0 bridgehead atoms. The van der Waals surface area contributed by atoms with Crippen LogP contribution in [-0.4, -0.2) is 27.2 Å². The van der Waals surface area contributed by atoms with E-state index in [0.717, 1.165) is 16.6 Å². The van der Waals surface area contributed by atoms with Crippen molar-refractivity contribution in [3.05, 3.63) is 36.0 Å². The number of ether oxygens (including phenoxy) is 1. The lowest BCUT2D eigenvalue weighted by Gasteiger charge is -2.07. The number of rotatable bonds is 3. The van der Waals surface area contributed by atoms with Crippen molar-refractivity contribution in [3.63, 3.8) is 0 Å². The molecule has 0 saturated carbocycles. The third-order valence-electron chi connectivity index (χ3n) is 2.68. The first-order valence-corrected chi connectivity index (χ1v) is 5.90. The normalized spacial score (nSPS) is 10.6. The van der Waals surface area contributed by atoms with Crippen LogP contribution in [0.15, 0.2) is 30.3 Å². The maximum absolute atomic E-state index is 5.72. The molecule has 3 aromatic rings. The van der Waals surface area contributed by atoms with Crippen LogP contribution in [0.2, 0.25) is 0 Å². The van der Waals surface area contributed by atoms with Crippen LogP contribution in [0.5, 0.6) is 11.8 Å². The number of anilines is 1. The Hall–Kier alpha value is -2.63. The van der Waals surface area contributed by atoms with Gasteiger partial charge >= 0.3 is 0 Å². The molecule has 0 aliphatic carbocycles. The Bertz CT molecular complexity index is 722. The van der Waals surface area contributed by atoms with Gasteiger partial charge in [0.2, 0.25) is 17.7 Å². The summed E-state index contributed by atoms with van der Waals surface area (Å²) in [6, 6.07) is 9.50. The van der Waals surface area contributed by atoms with Crippen molar-refractivity contribution in [2.45, 2.75) is 6.92 Å². The van der Waals surface area contributed by atoms with Gasteiger partial charge in [0.1, 0.15) is 0 Å². The molecule has 96 valence electrons. The van der Waals surface area contributed by atoms with E-state index in [2.05, 4.69) is 25.5 Å². The maximum atomic E-state index is 5.72. The van der Waals surface area contributed by atoms with Gasteiger partial charge in [-0.1, -0.05) is 12.1 Å². The Morgan fingerprint density at radius 3 is 2.79 bits per heavy atom. The van der Waals surface area contributed by atoms with E-state index < -0.39 is 0 Å². The molecule has 0 aliphatic rings. The summed E-state index contributed by atoms with van der Waals surface area (Å²) < 4.78 is 5.72. The van der Waals surface area contributed by atoms with E-state index >= 15 is 0 Å². The first-order valence-electron chi connectivity index (χ1n) is 5.90. The van der Waals surface area contributed by atoms with E-state index in [1.807, 2.05) is 37.3 Å². The SMILES string of the molecule is CNc1nc(Oc2cc(C)[nH]n2)c2ccccc2n1. The van der Waals surface area contributed by atoms with E-state index in [0.29, 0.717) is 17.7 Å². The van der Waals surface area contributed by atoms with Crippen molar-refractivity contribution in [1.29, 1.82) is 0 Å². The Morgan fingerprint density at radius 1 is 1.21 bits per heavy atom. The third-order valence-corrected chi connectivity index (χ3v) is 2.68. The number of H-pyrrole nitrogens is 1. The molecule has 19 heavy (non-hydrogen) atoms. The van der Waals surface area contributed by atoms with Crippen molar-refractivity contribution in [2.75, 3.05) is 12.4 Å². The number of nitrogens with one attached hydrogen (secondary N) is 2. The number of hydrogen-bond acceptors (Lipinski definition) is 5. The molecule has 3 rings (SSSR count). The second-order valence-corrected chi connectivity index (χ2v) is 4.11. The maximum Gasteiger partial charge on any atom is 0.240 e. The van der Waals surface area contributed by atoms with Crippen molar-refractivity contribution in [1.82, 2.24) is 20.2 Å². The van der Waals surface area contributed by atoms with Gasteiger partial charge in [-0.2, -0.15) is 4.98 Å². The number of benzene rings is 1. The summed E-state index contributed by atoms with van der Waals surface area (Å²) in [6.45, 7) is 1.91. The van der Waals surface area contributed by atoms with Crippen LogP contribution in [0.4, 0.5) is 5.95 Å². The highest BCUT2D eigenvalue weighted by Crippen LogP contribution is 2.27. The zero-order valence-corrected chi connectivity index (χ0v) is 10.6. The highest BCUT2D eigenvalue weighted by atomic mass is 16.5. The average Bonchev–Trinajstić information content (AvgIpc) is 2.84. The van der Waals surface area contributed by atoms with E-state index in [1.54, 1.807) is 7.05 Å². The number of fused-ring (bicyclic) bond motifs is 1. The summed E-state index contributed by atoms with van der Waals surface area (Å²) >= 11 is 0. The van der Waals surface area contributed by atoms with Crippen LogP contribution in [0.1, 0.15) is 5.69 Å². The van der Waals surface area contributed by atoms with E-state index in [1.165, 1.54) is 0 Å². The number of para-hydroxylation sites is 1. The number of aromatic amines is 1. The Morgan fingerprint density at radius 2 is 2.05 bits per heavy atom. The standard InChI is InChI=1S/C13H13N5O/c1-8-7-11(18-17-8)19-12-9-5-3-4-6-10(9)15-13(14-2)16-12/h3-7H,1-2H3,(H,17,18)(H,14,15,16). The third kappa shape index (κ3) is 2.20. The summed E-state index contributed by atoms with van der Waals surface area (Å²) in [6.07, 6.45) is 0. The van der Waals surface area contributed by atoms with Gasteiger partial charge in [0.05, 0.1) is 10.9 Å². The fraction of sp³-hybridized carbons (Fsp3) is 0.154. The number of hydrogen-bond donors (Lipinski definition) is 2. The van der Waals surface area contributed by atoms with E-state index in [-0.39, 0.29) is 0 Å². The van der Waals surface area contributed by atoms with Gasteiger partial charge < -0.3 is 10.1 Å². The second-order valence-electron chi connectivity index (χ2n) is 4.11. The molecule has 0 spiro atoms. The van der Waals surface area contributed by atoms with Crippen molar-refractivity contribution >= 4 is 16.9 Å². The number of aromatic nitrogens is 4. The molecular weight excluding hydrogens is 242 g/mol. The first kappa shape index (κ1) is 11.5. The lowest BCUT2D eigenvalue weighted by atomic mass is 10.2. The Kier molecular flexibility index (Phi) is 2.75. The molecule has 2 heterocycles. The number of aryl methyl sites for hydroxylation is 1. The van der Waals surface area contributed by atoms with Gasteiger partial charge in [-0.05, 0) is 19.1 Å². The molecule has 0 unspecified atom stereocenters. The van der Waals surface area contributed by atoms with Gasteiger partial charge in [-0.25, -0.2) is 4.98 Å². The van der Waals surface area contributed by atoms with Gasteiger partial charge in [-0.3, -0.25) is 5.10 Å². The van der Waals surface area contributed by atoms with E-state index in [4.69, 9.17) is 4.74 Å². The lowest BCUT2D eigenvalue weighted by Crippen LogP contribution is -1.99. The largest absolute Gasteiger partial charge is 0.418 e. The molecule has 0 saturated heterocycles. The molecule has 6 nitrogen and oxygen atoms in total. The molecular formula is C13H13N5O. The Balaban J connectivity index is 2.10. The van der Waals surface area contributed by atoms with E-state index in [9.17, 15) is 0 Å². The van der Waals surface area contributed by atoms with Crippen LogP contribution in [-0.2, 0) is 0 Å². The Labute approximate surface area is 109 Å². The average molecular weight is 255 g/mol. The van der Waals surface area contributed by atoms with Crippen molar-refractivity contribution < 1.29 is 4.74 Å². The van der Waals surface area contributed by atoms with Crippen LogP contribution in [0.3, 0.4) is 0 Å². The van der Waals surface area contributed by atoms with Gasteiger partial charge in [0.25, 0.3) is 0 Å². The molecule has 2 N–H and O–H groups in total. The predicted molar refractivity (Wildman–Crippen MR) is 72.5 cm³/mol. The molecule has 1 aromatic carbocycles. The summed E-state index contributed by atoms with van der Waals surface area (Å²) in [5.41, 5.74) is 1.76. The summed E-state index contributed by atoms with van der Waals surface area (Å²) in [4.78, 5) is 8.70. The lowest BCUT2D eigenvalue weighted by molar-refractivity contribution is 0.449. The van der Waals surface area contributed by atoms with Crippen LogP contribution >= 0.6 is 0 Å². The summed E-state index contributed by atoms with van der Waals surface area (Å²) in [5.74, 6) is 1.49. The zero-order chi connectivity index (χ0) is 13.2. The highest BCUT2D eigenvalue weighted by molar-refractivity contribution is 5.84. The van der Waals surface area contributed by atoms with Gasteiger partial charge in [0.15, 0.2) is 0 Å². The minimum absolute atomic E-state index is 0.487.